The van der Waals surface area contributed by atoms with Gasteiger partial charge >= 0.3 is 6.03 Å². The standard InChI is InChI=1S/C44H65N11O15/c1-8-24-42(67)54(6)19-31(58)51-33(35(60)41(66)53-44(46)69)39(64)52-32(22(5)70-7)43(68)55-18-21(4)15-28(55)38(63)50-26(16-23-11-9-10-12-29(23)56)36(61)49-27(17-30(45)57)37(62)48-25(14-13-20(2)3)34(59)40(65)47-24/h8-12,20-22,25-28,32-35,56,59-60H,13-19H2,1-7H3,(H2,45,57)(H,47,65)(H,48,62)(H,49,61)(H,50,63)(H,51,58)(H,52,64)(H3,46,53,66,69). The van der Waals surface area contributed by atoms with Crippen LogP contribution in [0, 0.1) is 11.8 Å². The van der Waals surface area contributed by atoms with Gasteiger partial charge in [0.05, 0.1) is 25.1 Å². The predicted molar refractivity (Wildman–Crippen MR) is 244 cm³/mol. The summed E-state index contributed by atoms with van der Waals surface area (Å²) in [4.78, 5) is 151. The van der Waals surface area contributed by atoms with Gasteiger partial charge in [0.2, 0.25) is 41.4 Å². The number of primary amides is 2. The first-order chi connectivity index (χ1) is 32.8. The summed E-state index contributed by atoms with van der Waals surface area (Å²) >= 11 is 0. The minimum absolute atomic E-state index is 0.00321. The third-order valence-electron chi connectivity index (χ3n) is 11.6. The van der Waals surface area contributed by atoms with Crippen LogP contribution in [0.15, 0.2) is 36.0 Å². The SMILES string of the molecule is CC=C1NC(=O)C(O)C(CCC(C)C)NC(=O)C(CC(N)=O)NC(=O)C(Cc2ccccc2O)NC(=O)C2CC(C)CN2C(=O)C(C(C)OC)NC(=O)C(C(O)C(=O)NC(N)=O)NC(=O)CN(C)C1=O. The second kappa shape index (κ2) is 26.0. The molecule has 0 spiro atoms. The van der Waals surface area contributed by atoms with Crippen LogP contribution in [0.4, 0.5) is 4.79 Å². The second-order valence-corrected chi connectivity index (χ2v) is 17.6. The lowest BCUT2D eigenvalue weighted by Crippen LogP contribution is -2.64. The molecule has 0 aromatic heterocycles. The van der Waals surface area contributed by atoms with E-state index in [0.29, 0.717) is 6.42 Å². The van der Waals surface area contributed by atoms with E-state index >= 15 is 0 Å². The summed E-state index contributed by atoms with van der Waals surface area (Å²) < 4.78 is 5.40. The Kier molecular flexibility index (Phi) is 21.2. The number of para-hydroxylation sites is 1. The van der Waals surface area contributed by atoms with Crippen LogP contribution in [-0.2, 0) is 59.1 Å². The first-order valence-electron chi connectivity index (χ1n) is 22.4. The monoisotopic (exact) mass is 987 g/mol. The molecule has 2 fully saturated rings. The van der Waals surface area contributed by atoms with Crippen molar-refractivity contribution in [1.29, 1.82) is 0 Å². The van der Waals surface area contributed by atoms with Gasteiger partial charge in [-0.1, -0.05) is 45.0 Å². The van der Waals surface area contributed by atoms with Gasteiger partial charge < -0.3 is 73.2 Å². The van der Waals surface area contributed by atoms with Crippen molar-refractivity contribution in [2.24, 2.45) is 23.3 Å². The number of ether oxygens (including phenoxy) is 1. The van der Waals surface area contributed by atoms with Crippen molar-refractivity contribution in [2.75, 3.05) is 27.2 Å². The maximum atomic E-state index is 14.5. The lowest BCUT2D eigenvalue weighted by atomic mass is 9.98. The molecule has 14 N–H and O–H groups in total. The molecule has 3 rings (SSSR count). The van der Waals surface area contributed by atoms with Gasteiger partial charge in [-0.05, 0) is 56.6 Å². The highest BCUT2D eigenvalue weighted by molar-refractivity contribution is 6.03. The molecule has 2 aliphatic rings. The fraction of sp³-hybridized carbons (Fsp3) is 0.568. The number of hydrogen-bond acceptors (Lipinski definition) is 15. The number of nitrogens with one attached hydrogen (secondary N) is 7. The van der Waals surface area contributed by atoms with Gasteiger partial charge in [-0.2, -0.15) is 0 Å². The van der Waals surface area contributed by atoms with Crippen molar-refractivity contribution in [3.8, 4) is 5.75 Å². The number of likely N-dealkylation sites (N-methyl/N-ethyl adjacent to an activating group) is 1. The van der Waals surface area contributed by atoms with E-state index in [2.05, 4.69) is 31.9 Å². The lowest BCUT2D eigenvalue weighted by molar-refractivity contribution is -0.146. The van der Waals surface area contributed by atoms with Crippen LogP contribution in [0.1, 0.15) is 65.9 Å². The summed E-state index contributed by atoms with van der Waals surface area (Å²) in [5.74, 6) is -12.2. The molecule has 0 aliphatic carbocycles. The van der Waals surface area contributed by atoms with Crippen molar-refractivity contribution in [1.82, 2.24) is 47.0 Å². The lowest BCUT2D eigenvalue weighted by Gasteiger charge is -2.33. The second-order valence-electron chi connectivity index (χ2n) is 17.6. The summed E-state index contributed by atoms with van der Waals surface area (Å²) in [7, 11) is 2.27. The first kappa shape index (κ1) is 57.1. The molecule has 2 aliphatic heterocycles. The third kappa shape index (κ3) is 15.9. The molecule has 26 nitrogen and oxygen atoms in total. The number of aliphatic hydroxyl groups excluding tert-OH is 2. The van der Waals surface area contributed by atoms with E-state index in [1.54, 1.807) is 12.2 Å². The average molecular weight is 988 g/mol. The highest BCUT2D eigenvalue weighted by Gasteiger charge is 2.45. The topological polar surface area (TPSA) is 400 Å². The average Bonchev–Trinajstić information content (AvgIpc) is 3.69. The number of aliphatic hydroxyl groups is 2. The van der Waals surface area contributed by atoms with Crippen molar-refractivity contribution in [3.63, 3.8) is 0 Å². The number of imide groups is 1. The Morgan fingerprint density at radius 3 is 2.10 bits per heavy atom. The van der Waals surface area contributed by atoms with E-state index in [9.17, 15) is 68.1 Å². The minimum Gasteiger partial charge on any atom is -0.508 e. The van der Waals surface area contributed by atoms with Crippen LogP contribution >= 0.6 is 0 Å². The zero-order valence-corrected chi connectivity index (χ0v) is 40.0. The minimum atomic E-state index is -2.57. The number of nitrogens with zero attached hydrogens (tertiary/aromatic N) is 2. The van der Waals surface area contributed by atoms with Crippen LogP contribution < -0.4 is 48.7 Å². The molecule has 2 heterocycles. The van der Waals surface area contributed by atoms with Crippen molar-refractivity contribution in [3.05, 3.63) is 41.6 Å². The van der Waals surface area contributed by atoms with Crippen LogP contribution in [-0.4, -0.2) is 172 Å². The number of methoxy groups -OCH3 is 1. The maximum Gasteiger partial charge on any atom is 0.318 e. The normalized spacial score (nSPS) is 26.6. The smallest absolute Gasteiger partial charge is 0.318 e. The van der Waals surface area contributed by atoms with Gasteiger partial charge in [-0.15, -0.1) is 0 Å². The van der Waals surface area contributed by atoms with E-state index in [0.717, 1.165) is 22.9 Å². The number of urea groups is 1. The van der Waals surface area contributed by atoms with E-state index < -0.39 is 145 Å². The number of fused-ring (bicyclic) bond motifs is 1. The number of amides is 12. The van der Waals surface area contributed by atoms with Crippen molar-refractivity contribution < 1.29 is 72.8 Å². The molecule has 1 aromatic rings. The summed E-state index contributed by atoms with van der Waals surface area (Å²) in [5.41, 5.74) is 10.2. The number of carbonyl (C=O) groups is 11. The molecule has 2 saturated heterocycles. The molecule has 0 bridgehead atoms. The molecular formula is C44H65N11O15. The quantitative estimate of drug-likeness (QED) is 0.0928. The van der Waals surface area contributed by atoms with Gasteiger partial charge in [0.1, 0.15) is 41.7 Å². The summed E-state index contributed by atoms with van der Waals surface area (Å²) in [6.07, 6.45) is -5.74. The molecule has 10 unspecified atom stereocenters. The summed E-state index contributed by atoms with van der Waals surface area (Å²) in [6.45, 7) is 6.99. The van der Waals surface area contributed by atoms with E-state index in [-0.39, 0.29) is 42.5 Å². The van der Waals surface area contributed by atoms with E-state index in [4.69, 9.17) is 16.2 Å². The molecule has 386 valence electrons. The van der Waals surface area contributed by atoms with Gasteiger partial charge in [-0.25, -0.2) is 4.79 Å². The zero-order chi connectivity index (χ0) is 52.7. The highest BCUT2D eigenvalue weighted by Crippen LogP contribution is 2.26. The number of phenols is 1. The Hall–Kier alpha value is -7.19. The number of rotatable bonds is 11. The number of benzene rings is 1. The Bertz CT molecular complexity index is 2190. The van der Waals surface area contributed by atoms with Crippen LogP contribution in [0.5, 0.6) is 5.75 Å². The van der Waals surface area contributed by atoms with Gasteiger partial charge in [-0.3, -0.25) is 53.3 Å². The van der Waals surface area contributed by atoms with Gasteiger partial charge in [0.15, 0.2) is 12.2 Å². The third-order valence-corrected chi connectivity index (χ3v) is 11.6. The first-order valence-corrected chi connectivity index (χ1v) is 22.4. The largest absolute Gasteiger partial charge is 0.508 e. The highest BCUT2D eigenvalue weighted by atomic mass is 16.5. The zero-order valence-electron chi connectivity index (χ0n) is 40.0. The number of nitrogens with two attached hydrogens (primary N) is 2. The summed E-state index contributed by atoms with van der Waals surface area (Å²) in [5, 5.41) is 48.8. The van der Waals surface area contributed by atoms with E-state index in [1.165, 1.54) is 45.2 Å². The van der Waals surface area contributed by atoms with Gasteiger partial charge in [0, 0.05) is 27.1 Å². The fourth-order valence-electron chi connectivity index (χ4n) is 7.63. The van der Waals surface area contributed by atoms with Crippen LogP contribution in [0.3, 0.4) is 0 Å². The Morgan fingerprint density at radius 2 is 1.51 bits per heavy atom. The number of phenolic OH excluding ortho intramolecular Hbond substituents is 1. The molecule has 10 atom stereocenters. The van der Waals surface area contributed by atoms with Gasteiger partial charge in [0.25, 0.3) is 17.7 Å². The number of aromatic hydroxyl groups is 1. The van der Waals surface area contributed by atoms with Crippen LogP contribution in [0.25, 0.3) is 0 Å². The van der Waals surface area contributed by atoms with Crippen molar-refractivity contribution >= 4 is 65.1 Å². The maximum absolute atomic E-state index is 14.5. The number of hydrogen-bond donors (Lipinski definition) is 12. The Morgan fingerprint density at radius 1 is 0.886 bits per heavy atom. The molecule has 0 radical (unpaired) electrons. The Labute approximate surface area is 403 Å². The van der Waals surface area contributed by atoms with Crippen LogP contribution in [0.2, 0.25) is 0 Å². The summed E-state index contributed by atoms with van der Waals surface area (Å²) in [6, 6.07) is -5.88. The van der Waals surface area contributed by atoms with Crippen molar-refractivity contribution in [2.45, 2.75) is 121 Å². The fourth-order valence-corrected chi connectivity index (χ4v) is 7.63. The molecule has 0 saturated carbocycles. The Balaban J connectivity index is 2.24. The number of carbonyl (C=O) groups excluding carboxylic acids is 11. The molecule has 26 heteroatoms. The number of allylic oxidation sites excluding steroid dienone is 1. The predicted octanol–water partition coefficient (Wildman–Crippen LogP) is -4.65. The molecule has 70 heavy (non-hydrogen) atoms. The van der Waals surface area contributed by atoms with E-state index in [1.807, 2.05) is 13.8 Å². The molecular weight excluding hydrogens is 923 g/mol. The molecule has 12 amide bonds. The molecule has 1 aromatic carbocycles.